The summed E-state index contributed by atoms with van der Waals surface area (Å²) in [7, 11) is 0. The van der Waals surface area contributed by atoms with Crippen LogP contribution in [0.2, 0.25) is 10.0 Å². The van der Waals surface area contributed by atoms with Gasteiger partial charge < -0.3 is 0 Å². The molecule has 0 unspecified atom stereocenters. The lowest BCUT2D eigenvalue weighted by Gasteiger charge is -2.09. The van der Waals surface area contributed by atoms with Gasteiger partial charge >= 0.3 is 0 Å². The molecular weight excluding hydrogens is 291 g/mol. The van der Waals surface area contributed by atoms with Crippen LogP contribution >= 0.6 is 23.2 Å². The molecule has 0 aliphatic rings. The lowest BCUT2D eigenvalue weighted by molar-refractivity contribution is 0.104. The molecule has 0 radical (unpaired) electrons. The van der Waals surface area contributed by atoms with Crippen LogP contribution in [0.25, 0.3) is 10.8 Å². The summed E-state index contributed by atoms with van der Waals surface area (Å²) in [5, 5.41) is 2.66. The molecule has 0 fully saturated rings. The SMILES string of the molecule is O=C(c1ccccc1)c1c(Cl)ccc2c(Cl)cccc12. The first-order valence-electron chi connectivity index (χ1n) is 6.15. The largest absolute Gasteiger partial charge is 0.289 e. The van der Waals surface area contributed by atoms with E-state index in [1.54, 1.807) is 24.3 Å². The monoisotopic (exact) mass is 300 g/mol. The second-order valence-electron chi connectivity index (χ2n) is 4.45. The molecular formula is C17H10Cl2O. The van der Waals surface area contributed by atoms with Gasteiger partial charge in [-0.25, -0.2) is 0 Å². The van der Waals surface area contributed by atoms with Crippen LogP contribution in [0, 0.1) is 0 Å². The number of fused-ring (bicyclic) bond motifs is 1. The Morgan fingerprint density at radius 2 is 1.45 bits per heavy atom. The molecule has 3 aromatic carbocycles. The fourth-order valence-corrected chi connectivity index (χ4v) is 2.75. The lowest BCUT2D eigenvalue weighted by atomic mass is 9.97. The Morgan fingerprint density at radius 3 is 2.20 bits per heavy atom. The van der Waals surface area contributed by atoms with E-state index in [0.29, 0.717) is 21.2 Å². The number of benzene rings is 3. The van der Waals surface area contributed by atoms with Crippen LogP contribution in [-0.2, 0) is 0 Å². The molecule has 0 saturated heterocycles. The summed E-state index contributed by atoms with van der Waals surface area (Å²) < 4.78 is 0. The fourth-order valence-electron chi connectivity index (χ4n) is 2.26. The van der Waals surface area contributed by atoms with Crippen LogP contribution in [0.5, 0.6) is 0 Å². The van der Waals surface area contributed by atoms with Crippen molar-refractivity contribution >= 4 is 39.8 Å². The quantitative estimate of drug-likeness (QED) is 0.581. The zero-order valence-electron chi connectivity index (χ0n) is 10.4. The fraction of sp³-hybridized carbons (Fsp3) is 0. The van der Waals surface area contributed by atoms with Gasteiger partial charge in [-0.3, -0.25) is 4.79 Å². The van der Waals surface area contributed by atoms with Crippen LogP contribution in [-0.4, -0.2) is 5.78 Å². The maximum absolute atomic E-state index is 12.7. The van der Waals surface area contributed by atoms with Crippen LogP contribution in [0.4, 0.5) is 0 Å². The van der Waals surface area contributed by atoms with Crippen molar-refractivity contribution in [2.75, 3.05) is 0 Å². The van der Waals surface area contributed by atoms with E-state index in [9.17, 15) is 4.79 Å². The Bertz CT molecular complexity index is 795. The average Bonchev–Trinajstić information content (AvgIpc) is 2.48. The van der Waals surface area contributed by atoms with E-state index in [1.165, 1.54) is 0 Å². The van der Waals surface area contributed by atoms with Crippen molar-refractivity contribution in [3.05, 3.63) is 81.8 Å². The first kappa shape index (κ1) is 13.2. The van der Waals surface area contributed by atoms with E-state index in [4.69, 9.17) is 23.2 Å². The second-order valence-corrected chi connectivity index (χ2v) is 5.27. The molecule has 98 valence electrons. The number of halogens is 2. The smallest absolute Gasteiger partial charge is 0.195 e. The summed E-state index contributed by atoms with van der Waals surface area (Å²) >= 11 is 12.4. The van der Waals surface area contributed by atoms with Crippen molar-refractivity contribution in [1.29, 1.82) is 0 Å². The Kier molecular flexibility index (Phi) is 3.47. The molecule has 0 aliphatic carbocycles. The number of rotatable bonds is 2. The van der Waals surface area contributed by atoms with Gasteiger partial charge in [0.1, 0.15) is 0 Å². The molecule has 0 aliphatic heterocycles. The molecule has 3 heteroatoms. The summed E-state index contributed by atoms with van der Waals surface area (Å²) in [5.41, 5.74) is 1.11. The molecule has 1 nitrogen and oxygen atoms in total. The first-order valence-corrected chi connectivity index (χ1v) is 6.90. The summed E-state index contributed by atoms with van der Waals surface area (Å²) in [5.74, 6) is -0.0940. The van der Waals surface area contributed by atoms with E-state index in [-0.39, 0.29) is 5.78 Å². The zero-order chi connectivity index (χ0) is 14.1. The summed E-state index contributed by atoms with van der Waals surface area (Å²) in [6.07, 6.45) is 0. The molecule has 0 saturated carbocycles. The number of hydrogen-bond donors (Lipinski definition) is 0. The van der Waals surface area contributed by atoms with Gasteiger partial charge in [0, 0.05) is 21.5 Å². The van der Waals surface area contributed by atoms with Crippen LogP contribution in [0.3, 0.4) is 0 Å². The normalized spacial score (nSPS) is 10.7. The number of carbonyl (C=O) groups excluding carboxylic acids is 1. The summed E-state index contributed by atoms with van der Waals surface area (Å²) in [6, 6.07) is 18.1. The van der Waals surface area contributed by atoms with Crippen molar-refractivity contribution in [1.82, 2.24) is 0 Å². The Morgan fingerprint density at radius 1 is 0.700 bits per heavy atom. The highest BCUT2D eigenvalue weighted by Gasteiger charge is 2.16. The predicted octanol–water partition coefficient (Wildman–Crippen LogP) is 5.38. The van der Waals surface area contributed by atoms with E-state index in [0.717, 1.165) is 10.8 Å². The van der Waals surface area contributed by atoms with Gasteiger partial charge in [0.2, 0.25) is 0 Å². The van der Waals surface area contributed by atoms with Crippen LogP contribution in [0.1, 0.15) is 15.9 Å². The van der Waals surface area contributed by atoms with E-state index >= 15 is 0 Å². The van der Waals surface area contributed by atoms with Crippen LogP contribution < -0.4 is 0 Å². The molecule has 0 bridgehead atoms. The average molecular weight is 301 g/mol. The van der Waals surface area contributed by atoms with Crippen LogP contribution in [0.15, 0.2) is 60.7 Å². The molecule has 0 spiro atoms. The zero-order valence-corrected chi connectivity index (χ0v) is 11.9. The van der Waals surface area contributed by atoms with Gasteiger partial charge in [0.25, 0.3) is 0 Å². The van der Waals surface area contributed by atoms with Crippen molar-refractivity contribution in [3.63, 3.8) is 0 Å². The van der Waals surface area contributed by atoms with Crippen molar-refractivity contribution in [3.8, 4) is 0 Å². The van der Waals surface area contributed by atoms with Crippen molar-refractivity contribution < 1.29 is 4.79 Å². The van der Waals surface area contributed by atoms with Crippen molar-refractivity contribution in [2.45, 2.75) is 0 Å². The third-order valence-corrected chi connectivity index (χ3v) is 3.87. The third kappa shape index (κ3) is 2.20. The molecule has 0 aromatic heterocycles. The van der Waals surface area contributed by atoms with Gasteiger partial charge in [0.15, 0.2) is 5.78 Å². The maximum atomic E-state index is 12.7. The van der Waals surface area contributed by atoms with E-state index < -0.39 is 0 Å². The van der Waals surface area contributed by atoms with Gasteiger partial charge in [-0.15, -0.1) is 0 Å². The highest BCUT2D eigenvalue weighted by atomic mass is 35.5. The molecule has 0 heterocycles. The van der Waals surface area contributed by atoms with Crippen molar-refractivity contribution in [2.24, 2.45) is 0 Å². The van der Waals surface area contributed by atoms with Gasteiger partial charge in [0.05, 0.1) is 5.02 Å². The first-order chi connectivity index (χ1) is 9.68. The highest BCUT2D eigenvalue weighted by Crippen LogP contribution is 2.32. The molecule has 0 amide bonds. The minimum Gasteiger partial charge on any atom is -0.289 e. The predicted molar refractivity (Wildman–Crippen MR) is 83.8 cm³/mol. The molecule has 0 N–H and O–H groups in total. The number of ketones is 1. The molecule has 3 aromatic rings. The summed E-state index contributed by atoms with van der Waals surface area (Å²) in [4.78, 5) is 12.7. The molecule has 3 rings (SSSR count). The topological polar surface area (TPSA) is 17.1 Å². The van der Waals surface area contributed by atoms with E-state index in [2.05, 4.69) is 0 Å². The molecule has 0 atom stereocenters. The van der Waals surface area contributed by atoms with Gasteiger partial charge in [-0.2, -0.15) is 0 Å². The minimum atomic E-state index is -0.0940. The number of hydrogen-bond acceptors (Lipinski definition) is 1. The van der Waals surface area contributed by atoms with Gasteiger partial charge in [-0.1, -0.05) is 71.7 Å². The maximum Gasteiger partial charge on any atom is 0.195 e. The lowest BCUT2D eigenvalue weighted by Crippen LogP contribution is -2.03. The third-order valence-electron chi connectivity index (χ3n) is 3.22. The highest BCUT2D eigenvalue weighted by molar-refractivity contribution is 6.39. The van der Waals surface area contributed by atoms with E-state index in [1.807, 2.05) is 36.4 Å². The minimum absolute atomic E-state index is 0.0940. The second kappa shape index (κ2) is 5.28. The Balaban J connectivity index is 2.28. The Labute approximate surface area is 126 Å². The summed E-state index contributed by atoms with van der Waals surface area (Å²) in [6.45, 7) is 0. The standard InChI is InChI=1S/C17H10Cl2O/c18-14-8-4-7-13-12(14)9-10-15(19)16(13)17(20)11-5-2-1-3-6-11/h1-10H. The Hall–Kier alpha value is -1.83. The van der Waals surface area contributed by atoms with Gasteiger partial charge in [-0.05, 0) is 17.5 Å². The molecule has 20 heavy (non-hydrogen) atoms. The number of carbonyl (C=O) groups is 1.